The number of methoxy groups -OCH3 is 1. The van der Waals surface area contributed by atoms with Gasteiger partial charge in [0.25, 0.3) is 5.91 Å². The fourth-order valence-corrected chi connectivity index (χ4v) is 2.96. The summed E-state index contributed by atoms with van der Waals surface area (Å²) >= 11 is 0. The number of aromatic nitrogens is 2. The third kappa shape index (κ3) is 3.39. The van der Waals surface area contributed by atoms with Crippen LogP contribution in [0.1, 0.15) is 28.2 Å². The van der Waals surface area contributed by atoms with E-state index in [-0.39, 0.29) is 18.1 Å². The van der Waals surface area contributed by atoms with Crippen molar-refractivity contribution in [1.29, 1.82) is 0 Å². The molecule has 0 saturated heterocycles. The monoisotopic (exact) mass is 347 g/mol. The Labute approximate surface area is 143 Å². The van der Waals surface area contributed by atoms with Crippen molar-refractivity contribution in [3.8, 4) is 5.69 Å². The molecule has 0 spiro atoms. The van der Waals surface area contributed by atoms with Gasteiger partial charge >= 0.3 is 5.97 Å². The second kappa shape index (κ2) is 7.02. The number of nitrogens with zero attached hydrogens (tertiary/aromatic N) is 2. The summed E-state index contributed by atoms with van der Waals surface area (Å²) < 4.78 is 19.6. The van der Waals surface area contributed by atoms with Gasteiger partial charge in [0, 0.05) is 18.4 Å². The number of hydrogen-bond acceptors (Lipinski definition) is 4. The number of hydrogen-bond donors (Lipinski definition) is 2. The van der Waals surface area contributed by atoms with Crippen LogP contribution in [-0.2, 0) is 22.4 Å². The lowest BCUT2D eigenvalue weighted by Gasteiger charge is -2.11. The molecule has 3 rings (SSSR count). The number of halogens is 1. The van der Waals surface area contributed by atoms with Gasteiger partial charge in [0.15, 0.2) is 11.8 Å². The number of aliphatic carboxylic acids is 1. The largest absolute Gasteiger partial charge is 0.479 e. The summed E-state index contributed by atoms with van der Waals surface area (Å²) in [6, 6.07) is 5.89. The molecule has 0 aliphatic heterocycles. The molecule has 2 N–H and O–H groups in total. The number of nitrogens with one attached hydrogen (secondary N) is 1. The first-order valence-electron chi connectivity index (χ1n) is 7.91. The van der Waals surface area contributed by atoms with Crippen molar-refractivity contribution >= 4 is 11.9 Å². The van der Waals surface area contributed by atoms with Gasteiger partial charge in [-0.25, -0.2) is 13.9 Å². The Bertz CT molecular complexity index is 801. The number of carboxylic acid groups (broad SMARTS) is 1. The SMILES string of the molecule is COC(CNC(=O)c1nn(-c2ccc(F)cc2)c2c1CCC2)C(=O)O. The molecule has 25 heavy (non-hydrogen) atoms. The van der Waals surface area contributed by atoms with Crippen LogP contribution >= 0.6 is 0 Å². The van der Waals surface area contributed by atoms with Gasteiger partial charge in [-0.15, -0.1) is 0 Å². The molecule has 1 aliphatic rings. The van der Waals surface area contributed by atoms with Gasteiger partial charge in [0.05, 0.1) is 12.2 Å². The van der Waals surface area contributed by atoms with E-state index in [1.54, 1.807) is 16.8 Å². The highest BCUT2D eigenvalue weighted by atomic mass is 19.1. The predicted octanol–water partition coefficient (Wildman–Crippen LogP) is 1.33. The second-order valence-corrected chi connectivity index (χ2v) is 5.79. The number of carbonyl (C=O) groups excluding carboxylic acids is 1. The fraction of sp³-hybridized carbons (Fsp3) is 0.353. The molecular weight excluding hydrogens is 329 g/mol. The summed E-state index contributed by atoms with van der Waals surface area (Å²) in [6.07, 6.45) is 1.30. The van der Waals surface area contributed by atoms with Crippen molar-refractivity contribution in [2.75, 3.05) is 13.7 Å². The lowest BCUT2D eigenvalue weighted by atomic mass is 10.2. The van der Waals surface area contributed by atoms with Crippen LogP contribution in [0.15, 0.2) is 24.3 Å². The Kier molecular flexibility index (Phi) is 4.80. The van der Waals surface area contributed by atoms with E-state index >= 15 is 0 Å². The fourth-order valence-electron chi connectivity index (χ4n) is 2.96. The average molecular weight is 347 g/mol. The number of amides is 1. The van der Waals surface area contributed by atoms with Gasteiger partial charge in [-0.05, 0) is 43.5 Å². The highest BCUT2D eigenvalue weighted by Crippen LogP contribution is 2.27. The number of rotatable bonds is 6. The molecule has 0 radical (unpaired) electrons. The molecule has 1 atom stereocenters. The molecule has 132 valence electrons. The van der Waals surface area contributed by atoms with Crippen molar-refractivity contribution in [1.82, 2.24) is 15.1 Å². The molecule has 1 unspecified atom stereocenters. The Balaban J connectivity index is 1.85. The molecule has 1 aromatic carbocycles. The molecule has 7 nitrogen and oxygen atoms in total. The summed E-state index contributed by atoms with van der Waals surface area (Å²) in [5, 5.41) is 15.9. The molecule has 1 aliphatic carbocycles. The molecule has 0 saturated carbocycles. The maximum atomic E-state index is 13.1. The summed E-state index contributed by atoms with van der Waals surface area (Å²) in [5.74, 6) is -1.93. The van der Waals surface area contributed by atoms with E-state index in [4.69, 9.17) is 9.84 Å². The van der Waals surface area contributed by atoms with Crippen LogP contribution < -0.4 is 5.32 Å². The van der Waals surface area contributed by atoms with Gasteiger partial charge < -0.3 is 15.2 Å². The summed E-state index contributed by atoms with van der Waals surface area (Å²) in [7, 11) is 1.27. The number of ether oxygens (including phenoxy) is 1. The van der Waals surface area contributed by atoms with Crippen molar-refractivity contribution < 1.29 is 23.8 Å². The van der Waals surface area contributed by atoms with Crippen LogP contribution in [0.4, 0.5) is 4.39 Å². The summed E-state index contributed by atoms with van der Waals surface area (Å²) in [4.78, 5) is 23.4. The smallest absolute Gasteiger partial charge is 0.334 e. The van der Waals surface area contributed by atoms with E-state index < -0.39 is 18.0 Å². The quantitative estimate of drug-likeness (QED) is 0.822. The third-order valence-electron chi connectivity index (χ3n) is 4.22. The first-order chi connectivity index (χ1) is 12.0. The zero-order valence-corrected chi connectivity index (χ0v) is 13.7. The first-order valence-corrected chi connectivity index (χ1v) is 7.91. The Morgan fingerprint density at radius 3 is 2.72 bits per heavy atom. The maximum Gasteiger partial charge on any atom is 0.334 e. The molecule has 1 amide bonds. The number of carbonyl (C=O) groups is 2. The minimum Gasteiger partial charge on any atom is -0.479 e. The Hall–Kier alpha value is -2.74. The lowest BCUT2D eigenvalue weighted by molar-refractivity contribution is -0.148. The standard InChI is InChI=1S/C17H18FN3O4/c1-25-14(17(23)24)9-19-16(22)15-12-3-2-4-13(12)21(20-15)11-7-5-10(18)6-8-11/h5-8,14H,2-4,9H2,1H3,(H,19,22)(H,23,24). The molecule has 8 heteroatoms. The normalized spacial score (nSPS) is 14.2. The molecule has 0 bridgehead atoms. The topological polar surface area (TPSA) is 93.5 Å². The van der Waals surface area contributed by atoms with Gasteiger partial charge in [-0.3, -0.25) is 4.79 Å². The van der Waals surface area contributed by atoms with Gasteiger partial charge in [0.1, 0.15) is 5.82 Å². The molecule has 2 aromatic rings. The van der Waals surface area contributed by atoms with Crippen molar-refractivity contribution in [3.05, 3.63) is 47.0 Å². The molecule has 0 fully saturated rings. The summed E-state index contributed by atoms with van der Waals surface area (Å²) in [5.41, 5.74) is 2.74. The number of fused-ring (bicyclic) bond motifs is 1. The zero-order valence-electron chi connectivity index (χ0n) is 13.7. The van der Waals surface area contributed by atoms with E-state index in [1.165, 1.54) is 19.2 Å². The van der Waals surface area contributed by atoms with Gasteiger partial charge in [-0.1, -0.05) is 0 Å². The van der Waals surface area contributed by atoms with Crippen LogP contribution in [0.2, 0.25) is 0 Å². The minimum absolute atomic E-state index is 0.150. The van der Waals surface area contributed by atoms with E-state index in [1.807, 2.05) is 0 Å². The van der Waals surface area contributed by atoms with Crippen LogP contribution in [0.25, 0.3) is 5.69 Å². The highest BCUT2D eigenvalue weighted by molar-refractivity contribution is 5.94. The van der Waals surface area contributed by atoms with E-state index in [2.05, 4.69) is 10.4 Å². The molecular formula is C17H18FN3O4. The Morgan fingerprint density at radius 2 is 2.08 bits per heavy atom. The van der Waals surface area contributed by atoms with Crippen molar-refractivity contribution in [3.63, 3.8) is 0 Å². The van der Waals surface area contributed by atoms with Crippen LogP contribution in [0, 0.1) is 5.82 Å². The van der Waals surface area contributed by atoms with Gasteiger partial charge in [0.2, 0.25) is 0 Å². The van der Waals surface area contributed by atoms with E-state index in [9.17, 15) is 14.0 Å². The number of benzene rings is 1. The minimum atomic E-state index is -1.15. The molecule has 1 aromatic heterocycles. The molecule has 1 heterocycles. The zero-order chi connectivity index (χ0) is 18.0. The summed E-state index contributed by atoms with van der Waals surface area (Å²) in [6.45, 7) is -0.150. The highest BCUT2D eigenvalue weighted by Gasteiger charge is 2.27. The van der Waals surface area contributed by atoms with Crippen molar-refractivity contribution in [2.45, 2.75) is 25.4 Å². The third-order valence-corrected chi connectivity index (χ3v) is 4.22. The van der Waals surface area contributed by atoms with E-state index in [0.29, 0.717) is 5.69 Å². The number of carboxylic acids is 1. The van der Waals surface area contributed by atoms with Gasteiger partial charge in [-0.2, -0.15) is 5.10 Å². The van der Waals surface area contributed by atoms with Crippen LogP contribution in [0.3, 0.4) is 0 Å². The average Bonchev–Trinajstić information content (AvgIpc) is 3.18. The Morgan fingerprint density at radius 1 is 1.36 bits per heavy atom. The lowest BCUT2D eigenvalue weighted by Crippen LogP contribution is -2.38. The maximum absolute atomic E-state index is 13.1. The second-order valence-electron chi connectivity index (χ2n) is 5.79. The van der Waals surface area contributed by atoms with Crippen LogP contribution in [0.5, 0.6) is 0 Å². The van der Waals surface area contributed by atoms with Crippen LogP contribution in [-0.4, -0.2) is 46.5 Å². The predicted molar refractivity (Wildman–Crippen MR) is 86.3 cm³/mol. The first kappa shape index (κ1) is 17.1. The van der Waals surface area contributed by atoms with E-state index in [0.717, 1.165) is 30.5 Å². The van der Waals surface area contributed by atoms with Crippen molar-refractivity contribution in [2.24, 2.45) is 0 Å².